The fourth-order valence-electron chi connectivity index (χ4n) is 2.64. The van der Waals surface area contributed by atoms with E-state index >= 15 is 0 Å². The third-order valence-electron chi connectivity index (χ3n) is 3.80. The molecule has 0 atom stereocenters. The smallest absolute Gasteiger partial charge is 0.228 e. The van der Waals surface area contributed by atoms with Crippen LogP contribution in [0.3, 0.4) is 0 Å². The van der Waals surface area contributed by atoms with Gasteiger partial charge in [-0.15, -0.1) is 0 Å². The van der Waals surface area contributed by atoms with Crippen LogP contribution < -0.4 is 4.74 Å². The molecule has 2 aromatic heterocycles. The van der Waals surface area contributed by atoms with Crippen LogP contribution in [0, 0.1) is 6.92 Å². The molecule has 0 spiro atoms. The molecule has 4 aromatic rings. The highest BCUT2D eigenvalue weighted by Crippen LogP contribution is 2.34. The summed E-state index contributed by atoms with van der Waals surface area (Å²) in [5.74, 6) is 1.36. The van der Waals surface area contributed by atoms with E-state index in [1.807, 2.05) is 37.3 Å². The van der Waals surface area contributed by atoms with Gasteiger partial charge in [0, 0.05) is 22.7 Å². The first-order valence-electron chi connectivity index (χ1n) is 7.20. The largest absolute Gasteiger partial charge is 0.506 e. The lowest BCUT2D eigenvalue weighted by Gasteiger charge is -2.05. The van der Waals surface area contributed by atoms with E-state index in [1.165, 1.54) is 0 Å². The molecule has 1 N–H and O–H groups in total. The Morgan fingerprint density at radius 3 is 2.74 bits per heavy atom. The van der Waals surface area contributed by atoms with Crippen LogP contribution in [0.25, 0.3) is 33.5 Å². The van der Waals surface area contributed by atoms with Gasteiger partial charge in [0.15, 0.2) is 5.58 Å². The van der Waals surface area contributed by atoms with Gasteiger partial charge in [0.25, 0.3) is 0 Å². The van der Waals surface area contributed by atoms with Crippen molar-refractivity contribution in [2.45, 2.75) is 6.92 Å². The van der Waals surface area contributed by atoms with Crippen LogP contribution in [0.2, 0.25) is 0 Å². The molecule has 0 aliphatic carbocycles. The lowest BCUT2D eigenvalue weighted by molar-refractivity contribution is 0.415. The molecule has 0 unspecified atom stereocenters. The molecule has 5 nitrogen and oxygen atoms in total. The van der Waals surface area contributed by atoms with E-state index in [9.17, 15) is 5.11 Å². The molecule has 114 valence electrons. The number of aryl methyl sites for hydroxylation is 1. The lowest BCUT2D eigenvalue weighted by Crippen LogP contribution is -1.87. The molecule has 5 heteroatoms. The number of ether oxygens (including phenoxy) is 1. The number of fused-ring (bicyclic) bond motifs is 2. The molecule has 0 aliphatic rings. The predicted molar refractivity (Wildman–Crippen MR) is 87.7 cm³/mol. The van der Waals surface area contributed by atoms with E-state index in [1.54, 1.807) is 19.2 Å². The van der Waals surface area contributed by atoms with Crippen molar-refractivity contribution in [3.8, 4) is 23.0 Å². The van der Waals surface area contributed by atoms with Crippen molar-refractivity contribution in [1.82, 2.24) is 9.97 Å². The van der Waals surface area contributed by atoms with Gasteiger partial charge in [0.05, 0.1) is 7.11 Å². The normalized spacial score (nSPS) is 11.2. The van der Waals surface area contributed by atoms with Gasteiger partial charge in [-0.25, -0.2) is 9.97 Å². The monoisotopic (exact) mass is 306 g/mol. The Balaban J connectivity index is 1.97. The Morgan fingerprint density at radius 2 is 1.91 bits per heavy atom. The number of benzene rings is 2. The van der Waals surface area contributed by atoms with Gasteiger partial charge >= 0.3 is 0 Å². The van der Waals surface area contributed by atoms with Crippen LogP contribution in [-0.4, -0.2) is 22.2 Å². The molecule has 2 aromatic carbocycles. The van der Waals surface area contributed by atoms with Crippen molar-refractivity contribution < 1.29 is 14.3 Å². The Morgan fingerprint density at radius 1 is 1.04 bits per heavy atom. The number of hydrogen-bond donors (Lipinski definition) is 1. The minimum Gasteiger partial charge on any atom is -0.506 e. The summed E-state index contributed by atoms with van der Waals surface area (Å²) in [6, 6.07) is 12.7. The van der Waals surface area contributed by atoms with E-state index in [0.717, 1.165) is 27.9 Å². The first kappa shape index (κ1) is 13.6. The maximum absolute atomic E-state index is 10.0. The van der Waals surface area contributed by atoms with Gasteiger partial charge in [-0.3, -0.25) is 0 Å². The van der Waals surface area contributed by atoms with Crippen LogP contribution in [0.5, 0.6) is 11.5 Å². The van der Waals surface area contributed by atoms with Gasteiger partial charge in [-0.05, 0) is 37.3 Å². The van der Waals surface area contributed by atoms with Gasteiger partial charge in [-0.1, -0.05) is 6.07 Å². The predicted octanol–water partition coefficient (Wildman–Crippen LogP) is 4.07. The van der Waals surface area contributed by atoms with E-state index in [-0.39, 0.29) is 5.75 Å². The number of oxazole rings is 1. The summed E-state index contributed by atoms with van der Waals surface area (Å²) in [5, 5.41) is 10.8. The highest BCUT2D eigenvalue weighted by atomic mass is 16.5. The number of phenolic OH excluding ortho intramolecular Hbond substituents is 1. The van der Waals surface area contributed by atoms with Crippen LogP contribution in [-0.2, 0) is 0 Å². The summed E-state index contributed by atoms with van der Waals surface area (Å²) in [4.78, 5) is 8.94. The molecule has 0 saturated heterocycles. The molecule has 0 fully saturated rings. The minimum absolute atomic E-state index is 0.144. The fraction of sp³-hybridized carbons (Fsp3) is 0.111. The number of rotatable bonds is 2. The van der Waals surface area contributed by atoms with Crippen LogP contribution in [0.1, 0.15) is 5.69 Å². The molecule has 0 bridgehead atoms. The summed E-state index contributed by atoms with van der Waals surface area (Å²) in [5.41, 5.74) is 3.58. The van der Waals surface area contributed by atoms with Crippen LogP contribution in [0.4, 0.5) is 0 Å². The number of nitrogens with zero attached hydrogens (tertiary/aromatic N) is 2. The molecule has 4 rings (SSSR count). The standard InChI is InChI=1S/C18H14N2O3/c1-10-3-5-12-13(6-7-15(21)17(12)19-10)18-20-14-9-11(22-2)4-8-16(14)23-18/h3-9,21H,1-2H3. The first-order valence-corrected chi connectivity index (χ1v) is 7.20. The quantitative estimate of drug-likeness (QED) is 0.604. The zero-order chi connectivity index (χ0) is 16.0. The molecular weight excluding hydrogens is 292 g/mol. The second kappa shape index (κ2) is 4.98. The average Bonchev–Trinajstić information content (AvgIpc) is 2.98. The van der Waals surface area contributed by atoms with E-state index in [2.05, 4.69) is 9.97 Å². The summed E-state index contributed by atoms with van der Waals surface area (Å²) in [7, 11) is 1.61. The highest BCUT2D eigenvalue weighted by Gasteiger charge is 2.14. The second-order valence-corrected chi connectivity index (χ2v) is 5.33. The van der Waals surface area contributed by atoms with Gasteiger partial charge < -0.3 is 14.3 Å². The summed E-state index contributed by atoms with van der Waals surface area (Å²) in [6.07, 6.45) is 0. The lowest BCUT2D eigenvalue weighted by atomic mass is 10.1. The van der Waals surface area contributed by atoms with Crippen molar-refractivity contribution in [1.29, 1.82) is 0 Å². The Bertz CT molecular complexity index is 1040. The SMILES string of the molecule is COc1ccc2oc(-c3ccc(O)c4nc(C)ccc34)nc2c1. The highest BCUT2D eigenvalue weighted by molar-refractivity contribution is 5.97. The van der Waals surface area contributed by atoms with Crippen molar-refractivity contribution in [3.63, 3.8) is 0 Å². The summed E-state index contributed by atoms with van der Waals surface area (Å²) in [6.45, 7) is 1.89. The van der Waals surface area contributed by atoms with Crippen molar-refractivity contribution in [2.75, 3.05) is 7.11 Å². The Labute approximate surface area is 132 Å². The number of aromatic nitrogens is 2. The Hall–Kier alpha value is -3.08. The number of hydrogen-bond acceptors (Lipinski definition) is 5. The van der Waals surface area contributed by atoms with Crippen LogP contribution >= 0.6 is 0 Å². The maximum atomic E-state index is 10.0. The zero-order valence-corrected chi connectivity index (χ0v) is 12.7. The van der Waals surface area contributed by atoms with Crippen LogP contribution in [0.15, 0.2) is 46.9 Å². The fourth-order valence-corrected chi connectivity index (χ4v) is 2.64. The molecule has 23 heavy (non-hydrogen) atoms. The molecule has 0 radical (unpaired) electrons. The van der Waals surface area contributed by atoms with E-state index in [4.69, 9.17) is 9.15 Å². The zero-order valence-electron chi connectivity index (χ0n) is 12.7. The van der Waals surface area contributed by atoms with Crippen molar-refractivity contribution in [3.05, 3.63) is 48.2 Å². The van der Waals surface area contributed by atoms with E-state index < -0.39 is 0 Å². The second-order valence-electron chi connectivity index (χ2n) is 5.33. The summed E-state index contributed by atoms with van der Waals surface area (Å²) >= 11 is 0. The third-order valence-corrected chi connectivity index (χ3v) is 3.80. The third kappa shape index (κ3) is 2.17. The van der Waals surface area contributed by atoms with Gasteiger partial charge in [-0.2, -0.15) is 0 Å². The minimum atomic E-state index is 0.144. The van der Waals surface area contributed by atoms with E-state index in [0.29, 0.717) is 17.0 Å². The Kier molecular flexibility index (Phi) is 2.94. The molecule has 0 aliphatic heterocycles. The molecule has 2 heterocycles. The van der Waals surface area contributed by atoms with Gasteiger partial charge in [0.2, 0.25) is 5.89 Å². The number of aromatic hydroxyl groups is 1. The van der Waals surface area contributed by atoms with Crippen molar-refractivity contribution >= 4 is 22.0 Å². The maximum Gasteiger partial charge on any atom is 0.228 e. The molecule has 0 saturated carbocycles. The summed E-state index contributed by atoms with van der Waals surface area (Å²) < 4.78 is 11.1. The molecule has 0 amide bonds. The molecular formula is C18H14N2O3. The van der Waals surface area contributed by atoms with Crippen molar-refractivity contribution in [2.24, 2.45) is 0 Å². The van der Waals surface area contributed by atoms with Gasteiger partial charge in [0.1, 0.15) is 22.5 Å². The number of methoxy groups -OCH3 is 1. The topological polar surface area (TPSA) is 68.4 Å². The number of pyridine rings is 1. The number of phenols is 1. The first-order chi connectivity index (χ1) is 11.2. The average molecular weight is 306 g/mol.